The molecule has 3 heteroatoms. The van der Waals surface area contributed by atoms with Gasteiger partial charge in [-0.15, -0.1) is 0 Å². The minimum atomic E-state index is 0.273. The van der Waals surface area contributed by atoms with Gasteiger partial charge in [0.25, 0.3) is 0 Å². The lowest BCUT2D eigenvalue weighted by atomic mass is 10.1. The molecule has 3 nitrogen and oxygen atoms in total. The van der Waals surface area contributed by atoms with Gasteiger partial charge < -0.3 is 10.1 Å². The first-order valence-electron chi connectivity index (χ1n) is 6.89. The van der Waals surface area contributed by atoms with Gasteiger partial charge in [-0.1, -0.05) is 30.3 Å². The zero-order valence-electron chi connectivity index (χ0n) is 11.1. The molecular formula is C15H22N2O. The molecule has 3 rings (SSSR count). The number of nitrogens with one attached hydrogen (secondary N) is 1. The van der Waals surface area contributed by atoms with Crippen molar-refractivity contribution < 1.29 is 4.74 Å². The highest BCUT2D eigenvalue weighted by Gasteiger charge is 2.50. The first-order chi connectivity index (χ1) is 8.82. The number of benzene rings is 1. The van der Waals surface area contributed by atoms with Gasteiger partial charge in [0.1, 0.15) is 0 Å². The quantitative estimate of drug-likeness (QED) is 0.874. The van der Waals surface area contributed by atoms with Crippen molar-refractivity contribution in [1.82, 2.24) is 10.2 Å². The highest BCUT2D eigenvalue weighted by molar-refractivity contribution is 5.15. The van der Waals surface area contributed by atoms with E-state index in [1.807, 2.05) is 0 Å². The summed E-state index contributed by atoms with van der Waals surface area (Å²) in [4.78, 5) is 2.51. The predicted octanol–water partition coefficient (Wildman–Crippen LogP) is 1.64. The fourth-order valence-electron chi connectivity index (χ4n) is 2.89. The second kappa shape index (κ2) is 5.00. The second-order valence-electron chi connectivity index (χ2n) is 5.49. The monoisotopic (exact) mass is 246 g/mol. The first-order valence-corrected chi connectivity index (χ1v) is 6.89. The van der Waals surface area contributed by atoms with Crippen molar-refractivity contribution in [3.63, 3.8) is 0 Å². The zero-order chi connectivity index (χ0) is 12.4. The third-order valence-corrected chi connectivity index (χ3v) is 4.30. The minimum absolute atomic E-state index is 0.273. The van der Waals surface area contributed by atoms with E-state index in [2.05, 4.69) is 47.6 Å². The summed E-state index contributed by atoms with van der Waals surface area (Å²) in [7, 11) is 2.06. The molecule has 0 aromatic heterocycles. The molecular weight excluding hydrogens is 224 g/mol. The van der Waals surface area contributed by atoms with Gasteiger partial charge in [-0.05, 0) is 25.5 Å². The average Bonchev–Trinajstić information content (AvgIpc) is 3.21. The summed E-state index contributed by atoms with van der Waals surface area (Å²) in [6.07, 6.45) is 2.88. The van der Waals surface area contributed by atoms with Crippen LogP contribution in [0.15, 0.2) is 30.3 Å². The Morgan fingerprint density at radius 1 is 1.33 bits per heavy atom. The van der Waals surface area contributed by atoms with E-state index in [-0.39, 0.29) is 5.54 Å². The molecule has 0 spiro atoms. The third kappa shape index (κ3) is 2.44. The second-order valence-corrected chi connectivity index (χ2v) is 5.49. The van der Waals surface area contributed by atoms with Gasteiger partial charge in [0.2, 0.25) is 0 Å². The van der Waals surface area contributed by atoms with Crippen LogP contribution in [0.5, 0.6) is 0 Å². The summed E-state index contributed by atoms with van der Waals surface area (Å²) >= 11 is 0. The molecule has 1 aliphatic carbocycles. The van der Waals surface area contributed by atoms with Crippen LogP contribution in [0.2, 0.25) is 0 Å². The van der Waals surface area contributed by atoms with Crippen LogP contribution in [0.25, 0.3) is 0 Å². The number of hydrogen-bond donors (Lipinski definition) is 1. The molecule has 1 aliphatic heterocycles. The van der Waals surface area contributed by atoms with E-state index in [0.29, 0.717) is 6.10 Å². The van der Waals surface area contributed by atoms with Crippen LogP contribution in [0, 0.1) is 0 Å². The molecule has 2 fully saturated rings. The molecule has 1 aromatic carbocycles. The van der Waals surface area contributed by atoms with Gasteiger partial charge in [0.15, 0.2) is 0 Å². The van der Waals surface area contributed by atoms with Crippen LogP contribution in [0.4, 0.5) is 0 Å². The summed E-state index contributed by atoms with van der Waals surface area (Å²) in [6, 6.07) is 10.7. The van der Waals surface area contributed by atoms with Crippen LogP contribution in [0.3, 0.4) is 0 Å². The third-order valence-electron chi connectivity index (χ3n) is 4.30. The minimum Gasteiger partial charge on any atom is -0.374 e. The lowest BCUT2D eigenvalue weighted by Crippen LogP contribution is -2.52. The molecule has 2 aliphatic rings. The van der Waals surface area contributed by atoms with Crippen LogP contribution < -0.4 is 5.32 Å². The van der Waals surface area contributed by atoms with Crippen molar-refractivity contribution >= 4 is 0 Å². The van der Waals surface area contributed by atoms with E-state index < -0.39 is 0 Å². The molecule has 1 heterocycles. The Hall–Kier alpha value is -0.900. The van der Waals surface area contributed by atoms with E-state index in [4.69, 9.17) is 4.74 Å². The first kappa shape index (κ1) is 12.2. The maximum absolute atomic E-state index is 5.96. The van der Waals surface area contributed by atoms with Crippen molar-refractivity contribution in [2.45, 2.75) is 31.0 Å². The van der Waals surface area contributed by atoms with Gasteiger partial charge >= 0.3 is 0 Å². The number of morpholine rings is 1. The Bertz CT molecular complexity index is 389. The summed E-state index contributed by atoms with van der Waals surface area (Å²) < 4.78 is 5.96. The Balaban J connectivity index is 1.61. The smallest absolute Gasteiger partial charge is 0.0883 e. The zero-order valence-corrected chi connectivity index (χ0v) is 11.1. The molecule has 0 bridgehead atoms. The van der Waals surface area contributed by atoms with Crippen LogP contribution in [-0.4, -0.2) is 43.3 Å². The van der Waals surface area contributed by atoms with Gasteiger partial charge in [0.05, 0.1) is 12.7 Å². The molecule has 1 unspecified atom stereocenters. The number of nitrogens with zero attached hydrogens (tertiary/aromatic N) is 1. The standard InChI is InChI=1S/C15H22N2O/c1-16-15(7-8-15)14-12-17(9-10-18-14)11-13-5-3-2-4-6-13/h2-6,14,16H,7-12H2,1H3. The number of rotatable bonds is 4. The van der Waals surface area contributed by atoms with Gasteiger partial charge in [0, 0.05) is 25.2 Å². The fraction of sp³-hybridized carbons (Fsp3) is 0.600. The van der Waals surface area contributed by atoms with Crippen LogP contribution in [-0.2, 0) is 11.3 Å². The molecule has 98 valence electrons. The van der Waals surface area contributed by atoms with Gasteiger partial charge in [-0.25, -0.2) is 0 Å². The van der Waals surface area contributed by atoms with Crippen molar-refractivity contribution in [2.24, 2.45) is 0 Å². The summed E-state index contributed by atoms with van der Waals surface area (Å²) in [5, 5.41) is 3.45. The molecule has 0 radical (unpaired) electrons. The molecule has 1 saturated carbocycles. The lowest BCUT2D eigenvalue weighted by molar-refractivity contribution is -0.0538. The highest BCUT2D eigenvalue weighted by atomic mass is 16.5. The van der Waals surface area contributed by atoms with Crippen LogP contribution in [0.1, 0.15) is 18.4 Å². The van der Waals surface area contributed by atoms with Crippen LogP contribution >= 0.6 is 0 Å². The van der Waals surface area contributed by atoms with E-state index in [1.165, 1.54) is 18.4 Å². The molecule has 1 N–H and O–H groups in total. The molecule has 1 saturated heterocycles. The lowest BCUT2D eigenvalue weighted by Gasteiger charge is -2.37. The van der Waals surface area contributed by atoms with E-state index >= 15 is 0 Å². The normalized spacial score (nSPS) is 27.1. The Kier molecular flexibility index (Phi) is 3.37. The van der Waals surface area contributed by atoms with Crippen molar-refractivity contribution in [3.05, 3.63) is 35.9 Å². The van der Waals surface area contributed by atoms with Gasteiger partial charge in [-0.3, -0.25) is 4.90 Å². The van der Waals surface area contributed by atoms with Crippen molar-refractivity contribution in [1.29, 1.82) is 0 Å². The van der Waals surface area contributed by atoms with Crippen molar-refractivity contribution in [2.75, 3.05) is 26.7 Å². The maximum Gasteiger partial charge on any atom is 0.0883 e. The predicted molar refractivity (Wildman–Crippen MR) is 72.5 cm³/mol. The topological polar surface area (TPSA) is 24.5 Å². The van der Waals surface area contributed by atoms with E-state index in [0.717, 1.165) is 26.2 Å². The number of hydrogen-bond acceptors (Lipinski definition) is 3. The number of ether oxygens (including phenoxy) is 1. The molecule has 1 atom stereocenters. The Morgan fingerprint density at radius 3 is 2.78 bits per heavy atom. The molecule has 1 aromatic rings. The number of likely N-dealkylation sites (N-methyl/N-ethyl adjacent to an activating group) is 1. The van der Waals surface area contributed by atoms with E-state index in [9.17, 15) is 0 Å². The fourth-order valence-corrected chi connectivity index (χ4v) is 2.89. The largest absolute Gasteiger partial charge is 0.374 e. The summed E-state index contributed by atoms with van der Waals surface area (Å²) in [5.41, 5.74) is 1.67. The maximum atomic E-state index is 5.96. The highest BCUT2D eigenvalue weighted by Crippen LogP contribution is 2.40. The van der Waals surface area contributed by atoms with Crippen molar-refractivity contribution in [3.8, 4) is 0 Å². The van der Waals surface area contributed by atoms with Gasteiger partial charge in [-0.2, -0.15) is 0 Å². The van der Waals surface area contributed by atoms with E-state index in [1.54, 1.807) is 0 Å². The average molecular weight is 246 g/mol. The Labute approximate surface area is 109 Å². The SMILES string of the molecule is CNC1(C2CN(Cc3ccccc3)CCO2)CC1. The Morgan fingerprint density at radius 2 is 2.11 bits per heavy atom. The summed E-state index contributed by atoms with van der Waals surface area (Å²) in [5.74, 6) is 0. The molecule has 18 heavy (non-hydrogen) atoms. The summed E-state index contributed by atoms with van der Waals surface area (Å²) in [6.45, 7) is 4.00. The molecule has 0 amide bonds.